The summed E-state index contributed by atoms with van der Waals surface area (Å²) in [5, 5.41) is 15.8. The lowest BCUT2D eigenvalue weighted by Crippen LogP contribution is -2.02. The van der Waals surface area contributed by atoms with Crippen LogP contribution in [0.3, 0.4) is 0 Å². The number of hydrogen-bond donors (Lipinski definition) is 1. The maximum absolute atomic E-state index is 10.6. The molecule has 86 valence electrons. The highest BCUT2D eigenvalue weighted by atomic mass is 16.5. The predicted molar refractivity (Wildman–Crippen MR) is 60.2 cm³/mol. The van der Waals surface area contributed by atoms with Crippen molar-refractivity contribution >= 4 is 5.97 Å². The summed E-state index contributed by atoms with van der Waals surface area (Å²) in [4.78, 5) is 10.6. The summed E-state index contributed by atoms with van der Waals surface area (Å²) < 4.78 is 5.40. The van der Waals surface area contributed by atoms with E-state index in [-0.39, 0.29) is 11.6 Å². The molecule has 0 fully saturated rings. The van der Waals surface area contributed by atoms with E-state index in [4.69, 9.17) is 9.84 Å². The van der Waals surface area contributed by atoms with Gasteiger partial charge in [-0.15, -0.1) is 10.2 Å². The molecular weight excluding hydrogens is 220 g/mol. The van der Waals surface area contributed by atoms with Gasteiger partial charge < -0.3 is 9.84 Å². The number of ether oxygens (including phenoxy) is 1. The number of carbonyl (C=O) groups is 1. The van der Waals surface area contributed by atoms with Crippen molar-refractivity contribution in [3.63, 3.8) is 0 Å². The smallest absolute Gasteiger partial charge is 0.356 e. The maximum Gasteiger partial charge on any atom is 0.356 e. The SMILES string of the molecule is Cc1ccc(Oc2ccc(C(=O)O)nn2)cc1. The third-order valence-electron chi connectivity index (χ3n) is 2.10. The summed E-state index contributed by atoms with van der Waals surface area (Å²) in [5.74, 6) is -0.216. The second kappa shape index (κ2) is 4.61. The van der Waals surface area contributed by atoms with Crippen molar-refractivity contribution in [2.24, 2.45) is 0 Å². The second-order valence-electron chi connectivity index (χ2n) is 3.48. The van der Waals surface area contributed by atoms with Gasteiger partial charge in [0.2, 0.25) is 5.88 Å². The van der Waals surface area contributed by atoms with E-state index < -0.39 is 5.97 Å². The molecule has 0 saturated carbocycles. The first-order valence-electron chi connectivity index (χ1n) is 4.97. The van der Waals surface area contributed by atoms with Gasteiger partial charge in [-0.2, -0.15) is 0 Å². The topological polar surface area (TPSA) is 72.3 Å². The van der Waals surface area contributed by atoms with E-state index in [0.717, 1.165) is 5.56 Å². The molecule has 0 saturated heterocycles. The van der Waals surface area contributed by atoms with Crippen molar-refractivity contribution in [1.29, 1.82) is 0 Å². The number of rotatable bonds is 3. The summed E-state index contributed by atoms with van der Waals surface area (Å²) in [5.41, 5.74) is 1.02. The summed E-state index contributed by atoms with van der Waals surface area (Å²) in [7, 11) is 0. The van der Waals surface area contributed by atoms with Crippen molar-refractivity contribution in [2.45, 2.75) is 6.92 Å². The van der Waals surface area contributed by atoms with Gasteiger partial charge in [0, 0.05) is 6.07 Å². The van der Waals surface area contributed by atoms with E-state index in [2.05, 4.69) is 10.2 Å². The van der Waals surface area contributed by atoms with Crippen LogP contribution in [0.15, 0.2) is 36.4 Å². The van der Waals surface area contributed by atoms with Crippen molar-refractivity contribution in [1.82, 2.24) is 10.2 Å². The number of nitrogens with zero attached hydrogens (tertiary/aromatic N) is 2. The number of carboxylic acids is 1. The minimum atomic E-state index is -1.11. The van der Waals surface area contributed by atoms with E-state index in [0.29, 0.717) is 5.75 Å². The summed E-state index contributed by atoms with van der Waals surface area (Å²) in [6.07, 6.45) is 0. The van der Waals surface area contributed by atoms with Crippen LogP contribution in [0.4, 0.5) is 0 Å². The van der Waals surface area contributed by atoms with Crippen molar-refractivity contribution in [3.05, 3.63) is 47.7 Å². The second-order valence-corrected chi connectivity index (χ2v) is 3.48. The molecule has 2 rings (SSSR count). The van der Waals surface area contributed by atoms with Crippen LogP contribution in [0, 0.1) is 6.92 Å². The first-order valence-corrected chi connectivity index (χ1v) is 4.97. The van der Waals surface area contributed by atoms with E-state index >= 15 is 0 Å². The Hall–Kier alpha value is -2.43. The molecule has 1 aromatic carbocycles. The quantitative estimate of drug-likeness (QED) is 0.875. The van der Waals surface area contributed by atoms with E-state index in [1.54, 1.807) is 0 Å². The zero-order valence-corrected chi connectivity index (χ0v) is 9.12. The lowest BCUT2D eigenvalue weighted by molar-refractivity contribution is 0.0689. The highest BCUT2D eigenvalue weighted by Crippen LogP contribution is 2.18. The summed E-state index contributed by atoms with van der Waals surface area (Å²) >= 11 is 0. The monoisotopic (exact) mass is 230 g/mol. The maximum atomic E-state index is 10.6. The van der Waals surface area contributed by atoms with Crippen molar-refractivity contribution in [2.75, 3.05) is 0 Å². The molecule has 0 aliphatic heterocycles. The van der Waals surface area contributed by atoms with Gasteiger partial charge in [-0.1, -0.05) is 17.7 Å². The molecule has 5 heteroatoms. The zero-order chi connectivity index (χ0) is 12.3. The Bertz CT molecular complexity index is 520. The van der Waals surface area contributed by atoms with Crippen LogP contribution in [0.2, 0.25) is 0 Å². The molecule has 2 aromatic rings. The van der Waals surface area contributed by atoms with Crippen molar-refractivity contribution in [3.8, 4) is 11.6 Å². The first-order chi connectivity index (χ1) is 8.15. The minimum Gasteiger partial charge on any atom is -0.476 e. The molecule has 0 unspecified atom stereocenters. The van der Waals surface area contributed by atoms with Gasteiger partial charge in [-0.3, -0.25) is 0 Å². The van der Waals surface area contributed by atoms with Crippen LogP contribution < -0.4 is 4.74 Å². The molecule has 0 aliphatic rings. The Labute approximate surface area is 97.7 Å². The fourth-order valence-electron chi connectivity index (χ4n) is 1.22. The Morgan fingerprint density at radius 3 is 2.35 bits per heavy atom. The van der Waals surface area contributed by atoms with E-state index in [1.807, 2.05) is 31.2 Å². The van der Waals surface area contributed by atoms with Crippen molar-refractivity contribution < 1.29 is 14.6 Å². The zero-order valence-electron chi connectivity index (χ0n) is 9.12. The molecule has 0 atom stereocenters. The fraction of sp³-hybridized carbons (Fsp3) is 0.0833. The molecule has 0 spiro atoms. The van der Waals surface area contributed by atoms with Crippen LogP contribution >= 0.6 is 0 Å². The standard InChI is InChI=1S/C12H10N2O3/c1-8-2-4-9(5-3-8)17-11-7-6-10(12(15)16)13-14-11/h2-7H,1H3,(H,15,16). The van der Waals surface area contributed by atoms with Crippen LogP contribution in [-0.2, 0) is 0 Å². The Morgan fingerprint density at radius 2 is 1.82 bits per heavy atom. The molecule has 1 N–H and O–H groups in total. The molecule has 17 heavy (non-hydrogen) atoms. The van der Waals surface area contributed by atoms with E-state index in [1.165, 1.54) is 12.1 Å². The molecule has 0 aliphatic carbocycles. The van der Waals surface area contributed by atoms with Gasteiger partial charge >= 0.3 is 5.97 Å². The van der Waals surface area contributed by atoms with Crippen LogP contribution in [0.1, 0.15) is 16.1 Å². The predicted octanol–water partition coefficient (Wildman–Crippen LogP) is 2.28. The van der Waals surface area contributed by atoms with Gasteiger partial charge in [-0.05, 0) is 25.1 Å². The lowest BCUT2D eigenvalue weighted by atomic mass is 10.2. The third kappa shape index (κ3) is 2.78. The van der Waals surface area contributed by atoms with E-state index in [9.17, 15) is 4.79 Å². The van der Waals surface area contributed by atoms with Gasteiger partial charge in [0.05, 0.1) is 0 Å². The van der Waals surface area contributed by atoms with Gasteiger partial charge in [0.25, 0.3) is 0 Å². The fourth-order valence-corrected chi connectivity index (χ4v) is 1.22. The van der Waals surface area contributed by atoms with Gasteiger partial charge in [-0.25, -0.2) is 4.79 Å². The molecular formula is C12H10N2O3. The number of carboxylic acid groups (broad SMARTS) is 1. The largest absolute Gasteiger partial charge is 0.476 e. The highest BCUT2D eigenvalue weighted by Gasteiger charge is 2.05. The van der Waals surface area contributed by atoms with Crippen LogP contribution in [-0.4, -0.2) is 21.3 Å². The summed E-state index contributed by atoms with van der Waals surface area (Å²) in [6.45, 7) is 1.98. The lowest BCUT2D eigenvalue weighted by Gasteiger charge is -2.03. The van der Waals surface area contributed by atoms with Gasteiger partial charge in [0.15, 0.2) is 5.69 Å². The Kier molecular flexibility index (Phi) is 3.00. The average Bonchev–Trinajstić information content (AvgIpc) is 2.33. The molecule has 1 aromatic heterocycles. The number of aromatic nitrogens is 2. The molecule has 0 radical (unpaired) electrons. The Balaban J connectivity index is 2.13. The minimum absolute atomic E-state index is 0.110. The number of hydrogen-bond acceptors (Lipinski definition) is 4. The highest BCUT2D eigenvalue weighted by molar-refractivity contribution is 5.84. The number of aryl methyl sites for hydroxylation is 1. The molecule has 0 bridgehead atoms. The molecule has 1 heterocycles. The third-order valence-corrected chi connectivity index (χ3v) is 2.10. The normalized spacial score (nSPS) is 9.94. The number of benzene rings is 1. The molecule has 0 amide bonds. The van der Waals surface area contributed by atoms with Crippen LogP contribution in [0.25, 0.3) is 0 Å². The molecule has 5 nitrogen and oxygen atoms in total. The average molecular weight is 230 g/mol. The number of aromatic carboxylic acids is 1. The first kappa shape index (κ1) is 11.1. The van der Waals surface area contributed by atoms with Crippen LogP contribution in [0.5, 0.6) is 11.6 Å². The summed E-state index contributed by atoms with van der Waals surface area (Å²) in [6, 6.07) is 10.3. The van der Waals surface area contributed by atoms with Gasteiger partial charge in [0.1, 0.15) is 5.75 Å². The Morgan fingerprint density at radius 1 is 1.12 bits per heavy atom.